The van der Waals surface area contributed by atoms with Crippen LogP contribution < -0.4 is 5.32 Å². The van der Waals surface area contributed by atoms with Crippen LogP contribution in [0.5, 0.6) is 0 Å². The molecule has 1 saturated carbocycles. The zero-order valence-corrected chi connectivity index (χ0v) is 12.7. The summed E-state index contributed by atoms with van der Waals surface area (Å²) in [6, 6.07) is 7.80. The lowest BCUT2D eigenvalue weighted by Gasteiger charge is -2.27. The van der Waals surface area contributed by atoms with Crippen molar-refractivity contribution in [2.75, 3.05) is 6.54 Å². The van der Waals surface area contributed by atoms with Crippen molar-refractivity contribution in [2.24, 2.45) is 5.92 Å². The molecule has 0 spiro atoms. The fraction of sp³-hybridized carbons (Fsp3) is 0.400. The van der Waals surface area contributed by atoms with Gasteiger partial charge in [0.1, 0.15) is 5.60 Å². The Labute approximate surface area is 126 Å². The van der Waals surface area contributed by atoms with Crippen LogP contribution in [0.4, 0.5) is 0 Å². The Bertz CT molecular complexity index is 561. The standard InChI is InChI=1S/C15H17NO2S2/c17-14(9-12-3-1-7-19-12)16-10-15(18,11-5-6-11)13-4-2-8-20-13/h1-4,7-8,11,18H,5-6,9-10H2,(H,16,17). The van der Waals surface area contributed by atoms with Gasteiger partial charge in [-0.25, -0.2) is 0 Å². The molecule has 0 aromatic carbocycles. The second-order valence-electron chi connectivity index (χ2n) is 5.21. The third-order valence-corrected chi connectivity index (χ3v) is 5.58. The molecule has 3 rings (SSSR count). The molecule has 2 aromatic rings. The van der Waals surface area contributed by atoms with Gasteiger partial charge in [-0.1, -0.05) is 12.1 Å². The minimum absolute atomic E-state index is 0.0249. The first kappa shape index (κ1) is 13.8. The number of carbonyl (C=O) groups is 1. The van der Waals surface area contributed by atoms with Crippen LogP contribution in [-0.2, 0) is 16.8 Å². The summed E-state index contributed by atoms with van der Waals surface area (Å²) in [4.78, 5) is 14.0. The van der Waals surface area contributed by atoms with Crippen LogP contribution in [0.25, 0.3) is 0 Å². The van der Waals surface area contributed by atoms with Crippen molar-refractivity contribution in [2.45, 2.75) is 24.9 Å². The number of rotatable bonds is 6. The molecule has 0 bridgehead atoms. The predicted molar refractivity (Wildman–Crippen MR) is 82.0 cm³/mol. The molecule has 0 aliphatic heterocycles. The minimum Gasteiger partial charge on any atom is -0.382 e. The van der Waals surface area contributed by atoms with Crippen LogP contribution in [0.3, 0.4) is 0 Å². The molecule has 0 radical (unpaired) electrons. The van der Waals surface area contributed by atoms with Crippen molar-refractivity contribution in [1.29, 1.82) is 0 Å². The Hall–Kier alpha value is -1.17. The number of amides is 1. The van der Waals surface area contributed by atoms with Crippen molar-refractivity contribution in [3.8, 4) is 0 Å². The van der Waals surface area contributed by atoms with Gasteiger partial charge in [-0.3, -0.25) is 4.79 Å². The van der Waals surface area contributed by atoms with E-state index in [4.69, 9.17) is 0 Å². The Kier molecular flexibility index (Phi) is 3.92. The van der Waals surface area contributed by atoms with Crippen LogP contribution in [-0.4, -0.2) is 17.6 Å². The van der Waals surface area contributed by atoms with Crippen molar-refractivity contribution in [3.63, 3.8) is 0 Å². The van der Waals surface area contributed by atoms with Crippen LogP contribution in [0.2, 0.25) is 0 Å². The zero-order valence-electron chi connectivity index (χ0n) is 11.0. The van der Waals surface area contributed by atoms with Crippen LogP contribution in [0.15, 0.2) is 35.0 Å². The number of hydrogen-bond donors (Lipinski definition) is 2. The summed E-state index contributed by atoms with van der Waals surface area (Å²) in [5, 5.41) is 17.7. The van der Waals surface area contributed by atoms with E-state index in [0.29, 0.717) is 13.0 Å². The van der Waals surface area contributed by atoms with E-state index in [-0.39, 0.29) is 11.8 Å². The molecule has 1 amide bonds. The van der Waals surface area contributed by atoms with Crippen molar-refractivity contribution >= 4 is 28.6 Å². The molecule has 1 unspecified atom stereocenters. The van der Waals surface area contributed by atoms with Gasteiger partial charge in [0.25, 0.3) is 0 Å². The predicted octanol–water partition coefficient (Wildman–Crippen LogP) is 2.77. The van der Waals surface area contributed by atoms with E-state index < -0.39 is 5.60 Å². The fourth-order valence-electron chi connectivity index (χ4n) is 2.39. The molecule has 2 N–H and O–H groups in total. The molecule has 0 saturated heterocycles. The molecule has 5 heteroatoms. The summed E-state index contributed by atoms with van der Waals surface area (Å²) < 4.78 is 0. The Morgan fingerprint density at radius 3 is 2.65 bits per heavy atom. The molecule has 20 heavy (non-hydrogen) atoms. The van der Waals surface area contributed by atoms with Gasteiger partial charge in [0.2, 0.25) is 5.91 Å². The second kappa shape index (κ2) is 5.68. The summed E-state index contributed by atoms with van der Waals surface area (Å²) >= 11 is 3.14. The number of carbonyl (C=O) groups excluding carboxylic acids is 1. The Morgan fingerprint density at radius 2 is 2.05 bits per heavy atom. The lowest BCUT2D eigenvalue weighted by atomic mass is 9.95. The monoisotopic (exact) mass is 307 g/mol. The van der Waals surface area contributed by atoms with Gasteiger partial charge in [-0.2, -0.15) is 0 Å². The van der Waals surface area contributed by atoms with Gasteiger partial charge < -0.3 is 10.4 Å². The number of thiophene rings is 2. The van der Waals surface area contributed by atoms with Crippen molar-refractivity contribution in [3.05, 3.63) is 44.8 Å². The van der Waals surface area contributed by atoms with Crippen molar-refractivity contribution in [1.82, 2.24) is 5.32 Å². The number of hydrogen-bond acceptors (Lipinski definition) is 4. The molecule has 1 atom stereocenters. The second-order valence-corrected chi connectivity index (χ2v) is 7.19. The van der Waals surface area contributed by atoms with E-state index in [1.165, 1.54) is 0 Å². The Morgan fingerprint density at radius 1 is 1.30 bits per heavy atom. The first-order valence-electron chi connectivity index (χ1n) is 6.74. The van der Waals surface area contributed by atoms with Crippen LogP contribution in [0, 0.1) is 5.92 Å². The Balaban J connectivity index is 1.62. The smallest absolute Gasteiger partial charge is 0.225 e. The van der Waals surface area contributed by atoms with E-state index in [1.807, 2.05) is 35.0 Å². The average Bonchev–Trinajstić information content (AvgIpc) is 2.93. The largest absolute Gasteiger partial charge is 0.382 e. The molecular formula is C15H17NO2S2. The molecule has 1 aliphatic carbocycles. The third kappa shape index (κ3) is 2.95. The van der Waals surface area contributed by atoms with E-state index in [0.717, 1.165) is 22.6 Å². The fourth-order valence-corrected chi connectivity index (χ4v) is 3.99. The molecule has 106 valence electrons. The summed E-state index contributed by atoms with van der Waals surface area (Å²) in [5.41, 5.74) is -0.890. The highest BCUT2D eigenvalue weighted by molar-refractivity contribution is 7.10. The highest BCUT2D eigenvalue weighted by Crippen LogP contribution is 2.46. The third-order valence-electron chi connectivity index (χ3n) is 3.67. The molecular weight excluding hydrogens is 290 g/mol. The van der Waals surface area contributed by atoms with Gasteiger partial charge in [0.05, 0.1) is 13.0 Å². The van der Waals surface area contributed by atoms with E-state index in [2.05, 4.69) is 5.32 Å². The van der Waals surface area contributed by atoms with Crippen LogP contribution >= 0.6 is 22.7 Å². The maximum absolute atomic E-state index is 12.0. The average molecular weight is 307 g/mol. The highest BCUT2D eigenvalue weighted by atomic mass is 32.1. The van der Waals surface area contributed by atoms with Crippen molar-refractivity contribution < 1.29 is 9.90 Å². The molecule has 1 fully saturated rings. The summed E-state index contributed by atoms with van der Waals surface area (Å²) in [5.74, 6) is 0.256. The van der Waals surface area contributed by atoms with E-state index in [1.54, 1.807) is 22.7 Å². The minimum atomic E-state index is -0.890. The lowest BCUT2D eigenvalue weighted by molar-refractivity contribution is -0.122. The first-order chi connectivity index (χ1) is 9.68. The topological polar surface area (TPSA) is 49.3 Å². The lowest BCUT2D eigenvalue weighted by Crippen LogP contribution is -2.42. The highest BCUT2D eigenvalue weighted by Gasteiger charge is 2.45. The zero-order chi connectivity index (χ0) is 14.0. The maximum atomic E-state index is 12.0. The van der Waals surface area contributed by atoms with Gasteiger partial charge in [0, 0.05) is 9.75 Å². The molecule has 1 aliphatic rings. The normalized spacial score (nSPS) is 17.6. The molecule has 2 aromatic heterocycles. The summed E-state index contributed by atoms with van der Waals surface area (Å²) in [6.07, 6.45) is 2.47. The first-order valence-corrected chi connectivity index (χ1v) is 8.50. The summed E-state index contributed by atoms with van der Waals surface area (Å²) in [7, 11) is 0. The SMILES string of the molecule is O=C(Cc1cccs1)NCC(O)(c1cccs1)C1CC1. The molecule has 2 heterocycles. The van der Waals surface area contributed by atoms with E-state index >= 15 is 0 Å². The van der Waals surface area contributed by atoms with Gasteiger partial charge in [0.15, 0.2) is 0 Å². The molecule has 3 nitrogen and oxygen atoms in total. The van der Waals surface area contributed by atoms with Gasteiger partial charge in [-0.05, 0) is 41.7 Å². The van der Waals surface area contributed by atoms with Gasteiger partial charge in [-0.15, -0.1) is 22.7 Å². The number of nitrogens with one attached hydrogen (secondary N) is 1. The maximum Gasteiger partial charge on any atom is 0.225 e. The quantitative estimate of drug-likeness (QED) is 0.862. The van der Waals surface area contributed by atoms with E-state index in [9.17, 15) is 9.90 Å². The van der Waals surface area contributed by atoms with Gasteiger partial charge >= 0.3 is 0 Å². The van der Waals surface area contributed by atoms with Crippen LogP contribution in [0.1, 0.15) is 22.6 Å². The summed E-state index contributed by atoms with van der Waals surface area (Å²) in [6.45, 7) is 0.308. The number of aliphatic hydroxyl groups is 1.